The molecule has 274 valence electrons. The largest absolute Gasteiger partial charge is 0.456 e. The van der Waals surface area contributed by atoms with Gasteiger partial charge in [-0.25, -0.2) is 0 Å². The summed E-state index contributed by atoms with van der Waals surface area (Å²) in [7, 11) is -2.81. The second-order valence-corrected chi connectivity index (χ2v) is 18.7. The van der Waals surface area contributed by atoms with Gasteiger partial charge in [0.2, 0.25) is 0 Å². The van der Waals surface area contributed by atoms with Gasteiger partial charge in [-0.2, -0.15) is 0 Å². The molecule has 0 unspecified atom stereocenters. The third-order valence-corrected chi connectivity index (χ3v) is 16.4. The monoisotopic (exact) mass is 759 g/mol. The van der Waals surface area contributed by atoms with Crippen LogP contribution in [0.3, 0.4) is 0 Å². The number of fused-ring (bicyclic) bond motifs is 6. The molecule has 0 fully saturated rings. The van der Waals surface area contributed by atoms with E-state index in [0.717, 1.165) is 66.5 Å². The van der Waals surface area contributed by atoms with Gasteiger partial charge < -0.3 is 13.7 Å². The minimum Gasteiger partial charge on any atom is -0.456 e. The summed E-state index contributed by atoms with van der Waals surface area (Å²) < 4.78 is 13.0. The molecule has 0 spiro atoms. The Morgan fingerprint density at radius 2 is 0.759 bits per heavy atom. The van der Waals surface area contributed by atoms with E-state index in [-0.39, 0.29) is 0 Å². The van der Waals surface area contributed by atoms with Crippen LogP contribution in [0, 0.1) is 0 Å². The van der Waals surface area contributed by atoms with Crippen LogP contribution in [0.1, 0.15) is 0 Å². The molecule has 58 heavy (non-hydrogen) atoms. The predicted molar refractivity (Wildman–Crippen MR) is 245 cm³/mol. The number of anilines is 3. The normalized spacial score (nSPS) is 11.8. The molecule has 0 aliphatic carbocycles. The van der Waals surface area contributed by atoms with E-state index < -0.39 is 8.07 Å². The Labute approximate surface area is 337 Å². The van der Waals surface area contributed by atoms with Crippen molar-refractivity contribution in [2.24, 2.45) is 0 Å². The molecular weight excluding hydrogens is 723 g/mol. The highest BCUT2D eigenvalue weighted by atomic mass is 28.3. The van der Waals surface area contributed by atoms with Crippen molar-refractivity contribution in [3.05, 3.63) is 224 Å². The molecule has 4 heteroatoms. The molecule has 3 nitrogen and oxygen atoms in total. The molecule has 0 atom stereocenters. The Kier molecular flexibility index (Phi) is 8.16. The minimum absolute atomic E-state index is 0.851. The lowest BCUT2D eigenvalue weighted by Crippen LogP contribution is -2.74. The van der Waals surface area contributed by atoms with E-state index in [0.29, 0.717) is 0 Å². The third kappa shape index (κ3) is 5.57. The fourth-order valence-corrected chi connectivity index (χ4v) is 13.7. The van der Waals surface area contributed by atoms with Crippen LogP contribution in [0.4, 0.5) is 17.1 Å². The van der Waals surface area contributed by atoms with Gasteiger partial charge in [-0.1, -0.05) is 158 Å². The molecule has 11 rings (SSSR count). The van der Waals surface area contributed by atoms with Crippen LogP contribution in [-0.2, 0) is 0 Å². The molecule has 0 aliphatic heterocycles. The van der Waals surface area contributed by atoms with E-state index in [9.17, 15) is 0 Å². The number of nitrogens with zero attached hydrogens (tertiary/aromatic N) is 1. The molecule has 2 heterocycles. The maximum atomic E-state index is 6.50. The van der Waals surface area contributed by atoms with E-state index in [4.69, 9.17) is 8.83 Å². The molecular formula is C54H37NO2Si. The first-order valence-corrected chi connectivity index (χ1v) is 21.7. The average molecular weight is 760 g/mol. The summed E-state index contributed by atoms with van der Waals surface area (Å²) in [6, 6.07) is 81.0. The zero-order valence-electron chi connectivity index (χ0n) is 31.6. The molecule has 0 N–H and O–H groups in total. The predicted octanol–water partition coefficient (Wildman–Crippen LogP) is 12.0. The van der Waals surface area contributed by atoms with Crippen LogP contribution in [0.2, 0.25) is 0 Å². The first-order chi connectivity index (χ1) is 28.7. The lowest BCUT2D eigenvalue weighted by Gasteiger charge is -2.35. The topological polar surface area (TPSA) is 29.5 Å². The van der Waals surface area contributed by atoms with Crippen molar-refractivity contribution in [3.8, 4) is 11.1 Å². The maximum absolute atomic E-state index is 6.50. The number of para-hydroxylation sites is 1. The highest BCUT2D eigenvalue weighted by Gasteiger charge is 2.41. The number of furan rings is 2. The molecule has 0 saturated heterocycles. The van der Waals surface area contributed by atoms with E-state index in [1.54, 1.807) is 0 Å². The Morgan fingerprint density at radius 3 is 1.45 bits per heavy atom. The summed E-state index contributed by atoms with van der Waals surface area (Å²) in [5.41, 5.74) is 8.89. The molecule has 0 saturated carbocycles. The standard InChI is InChI=1S/C54H37NO2Si/c1-5-16-38(17-6-1)39-28-32-52-49(34-39)50-36-41(30-33-53(50)56-52)55(42-29-31-48-47-26-13-14-27-51(47)57-54(48)37-42)40-18-15-25-46(35-40)58(43-19-7-2-8-20-43,44-21-9-3-10-22-44)45-23-11-4-12-24-45/h1-37H. The van der Waals surface area contributed by atoms with Crippen LogP contribution in [0.15, 0.2) is 233 Å². The van der Waals surface area contributed by atoms with E-state index in [1.165, 1.54) is 26.3 Å². The van der Waals surface area contributed by atoms with Gasteiger partial charge in [0.15, 0.2) is 8.07 Å². The molecule has 0 radical (unpaired) electrons. The summed E-state index contributed by atoms with van der Waals surface area (Å²) in [4.78, 5) is 2.37. The van der Waals surface area contributed by atoms with Crippen LogP contribution >= 0.6 is 0 Å². The second kappa shape index (κ2) is 14.0. The van der Waals surface area contributed by atoms with Crippen LogP contribution in [0.5, 0.6) is 0 Å². The zero-order chi connectivity index (χ0) is 38.5. The number of benzene rings is 9. The molecule has 0 aliphatic rings. The van der Waals surface area contributed by atoms with Gasteiger partial charge in [0, 0.05) is 44.7 Å². The highest BCUT2D eigenvalue weighted by Crippen LogP contribution is 2.41. The van der Waals surface area contributed by atoms with Gasteiger partial charge in [-0.15, -0.1) is 0 Å². The van der Waals surface area contributed by atoms with Gasteiger partial charge in [-0.05, 0) is 92.5 Å². The van der Waals surface area contributed by atoms with E-state index in [2.05, 4.69) is 217 Å². The first-order valence-electron chi connectivity index (χ1n) is 19.7. The first kappa shape index (κ1) is 33.9. The Balaban J connectivity index is 1.16. The van der Waals surface area contributed by atoms with Crippen molar-refractivity contribution in [2.75, 3.05) is 4.90 Å². The number of hydrogen-bond donors (Lipinski definition) is 0. The van der Waals surface area contributed by atoms with Crippen molar-refractivity contribution < 1.29 is 8.83 Å². The van der Waals surface area contributed by atoms with Crippen molar-refractivity contribution in [2.45, 2.75) is 0 Å². The van der Waals surface area contributed by atoms with Crippen LogP contribution in [0.25, 0.3) is 55.0 Å². The quantitative estimate of drug-likeness (QED) is 0.114. The molecule has 0 amide bonds. The molecule has 2 aromatic heterocycles. The van der Waals surface area contributed by atoms with Crippen LogP contribution in [-0.4, -0.2) is 8.07 Å². The Morgan fingerprint density at radius 1 is 0.276 bits per heavy atom. The summed E-state index contributed by atoms with van der Waals surface area (Å²) in [6.07, 6.45) is 0. The second-order valence-electron chi connectivity index (χ2n) is 14.9. The van der Waals surface area contributed by atoms with Gasteiger partial charge >= 0.3 is 0 Å². The molecule has 11 aromatic rings. The minimum atomic E-state index is -2.81. The van der Waals surface area contributed by atoms with E-state index in [1.807, 2.05) is 12.1 Å². The smallest absolute Gasteiger partial charge is 0.179 e. The van der Waals surface area contributed by atoms with Crippen molar-refractivity contribution >= 4 is 89.8 Å². The SMILES string of the molecule is c1ccc(-c2ccc3oc4ccc(N(c5cccc([Si](c6ccccc6)(c6ccccc6)c6ccccc6)c5)c5ccc6c(c5)oc5ccccc56)cc4c3c2)cc1. The van der Waals surface area contributed by atoms with Gasteiger partial charge in [0.25, 0.3) is 0 Å². The van der Waals surface area contributed by atoms with Crippen LogP contribution < -0.4 is 25.6 Å². The van der Waals surface area contributed by atoms with Gasteiger partial charge in [0.05, 0.1) is 0 Å². The average Bonchev–Trinajstić information content (AvgIpc) is 3.86. The third-order valence-electron chi connectivity index (χ3n) is 11.6. The van der Waals surface area contributed by atoms with Gasteiger partial charge in [-0.3, -0.25) is 0 Å². The number of rotatable bonds is 8. The summed E-state index contributed by atoms with van der Waals surface area (Å²) >= 11 is 0. The van der Waals surface area contributed by atoms with E-state index >= 15 is 0 Å². The lowest BCUT2D eigenvalue weighted by atomic mass is 10.0. The summed E-state index contributed by atoms with van der Waals surface area (Å²) in [5, 5.41) is 9.66. The fraction of sp³-hybridized carbons (Fsp3) is 0. The zero-order valence-corrected chi connectivity index (χ0v) is 32.6. The lowest BCUT2D eigenvalue weighted by molar-refractivity contribution is 0.668. The van der Waals surface area contributed by atoms with Crippen molar-refractivity contribution in [3.63, 3.8) is 0 Å². The van der Waals surface area contributed by atoms with Crippen molar-refractivity contribution in [1.82, 2.24) is 0 Å². The summed E-state index contributed by atoms with van der Waals surface area (Å²) in [5.74, 6) is 0. The van der Waals surface area contributed by atoms with Gasteiger partial charge in [0.1, 0.15) is 22.3 Å². The number of hydrogen-bond acceptors (Lipinski definition) is 3. The molecule has 9 aromatic carbocycles. The Bertz CT molecular complexity index is 3130. The summed E-state index contributed by atoms with van der Waals surface area (Å²) in [6.45, 7) is 0. The molecule has 0 bridgehead atoms. The highest BCUT2D eigenvalue weighted by molar-refractivity contribution is 7.19. The van der Waals surface area contributed by atoms with Crippen molar-refractivity contribution in [1.29, 1.82) is 0 Å². The Hall–Kier alpha value is -7.40. The fourth-order valence-electron chi connectivity index (χ4n) is 8.96. The maximum Gasteiger partial charge on any atom is 0.179 e.